The molecule has 12 N–H and O–H groups in total. The van der Waals surface area contributed by atoms with Crippen molar-refractivity contribution in [3.8, 4) is 0 Å². The highest BCUT2D eigenvalue weighted by Gasteiger charge is 2.46. The van der Waals surface area contributed by atoms with E-state index in [9.17, 15) is 10.2 Å². The van der Waals surface area contributed by atoms with Crippen LogP contribution in [0.2, 0.25) is 0 Å². The van der Waals surface area contributed by atoms with Gasteiger partial charge in [0.2, 0.25) is 0 Å². The van der Waals surface area contributed by atoms with Gasteiger partial charge < -0.3 is 48.5 Å². The average Bonchev–Trinajstić information content (AvgIpc) is 2.82. The third kappa shape index (κ3) is 8.44. The van der Waals surface area contributed by atoms with Crippen molar-refractivity contribution in [2.75, 3.05) is 32.7 Å². The summed E-state index contributed by atoms with van der Waals surface area (Å²) in [4.78, 5) is 4.97. The fourth-order valence-electron chi connectivity index (χ4n) is 6.05. The predicted molar refractivity (Wildman–Crippen MR) is 154 cm³/mol. The molecule has 10 nitrogen and oxygen atoms in total. The molecule has 2 aliphatic carbocycles. The third-order valence-electron chi connectivity index (χ3n) is 8.67. The molecule has 0 spiro atoms. The van der Waals surface area contributed by atoms with Crippen LogP contribution in [0.5, 0.6) is 0 Å². The van der Waals surface area contributed by atoms with Gasteiger partial charge in [-0.1, -0.05) is 26.0 Å². The molecule has 1 aliphatic heterocycles. The average molecular weight is 538 g/mol. The Bertz CT molecular complexity index is 798. The van der Waals surface area contributed by atoms with Gasteiger partial charge in [0.15, 0.2) is 0 Å². The molecule has 0 amide bonds. The maximum atomic E-state index is 11.7. The van der Waals surface area contributed by atoms with Crippen LogP contribution >= 0.6 is 0 Å². The van der Waals surface area contributed by atoms with Crippen molar-refractivity contribution < 1.29 is 14.9 Å². The molecular weight excluding hydrogens is 482 g/mol. The van der Waals surface area contributed by atoms with Crippen LogP contribution in [-0.2, 0) is 4.74 Å². The Kier molecular flexibility index (Phi) is 11.2. The van der Waals surface area contributed by atoms with Gasteiger partial charge in [0, 0.05) is 49.6 Å². The number of hydrogen-bond donors (Lipinski definition) is 8. The molecule has 0 aromatic heterocycles. The highest BCUT2D eigenvalue weighted by atomic mass is 16.5. The van der Waals surface area contributed by atoms with E-state index < -0.39 is 17.8 Å². The van der Waals surface area contributed by atoms with E-state index >= 15 is 0 Å². The Balaban J connectivity index is 1.76. The van der Waals surface area contributed by atoms with Gasteiger partial charge >= 0.3 is 0 Å². The Morgan fingerprint density at radius 1 is 1.24 bits per heavy atom. The van der Waals surface area contributed by atoms with Crippen molar-refractivity contribution in [2.45, 2.75) is 102 Å². The molecule has 3 aliphatic rings. The van der Waals surface area contributed by atoms with Crippen LogP contribution in [0.15, 0.2) is 17.1 Å². The number of aliphatic hydroxyl groups is 2. The molecule has 1 heterocycles. The number of rotatable bonds is 12. The SMILES string of the molecule is CC(/C=C/C(C)(C)O)CC1C(N=C(N)C2(C)CNC2)CC(N)C(OC2CC(CNCCN)CCC2N)C1O. The van der Waals surface area contributed by atoms with E-state index in [1.807, 2.05) is 6.08 Å². The number of aliphatic hydroxyl groups excluding tert-OH is 1. The lowest BCUT2D eigenvalue weighted by Crippen LogP contribution is -2.61. The van der Waals surface area contributed by atoms with E-state index in [-0.39, 0.29) is 41.5 Å². The van der Waals surface area contributed by atoms with Crippen molar-refractivity contribution in [3.05, 3.63) is 12.2 Å². The van der Waals surface area contributed by atoms with E-state index in [2.05, 4.69) is 24.5 Å². The van der Waals surface area contributed by atoms with Crippen molar-refractivity contribution in [2.24, 2.45) is 51.1 Å². The molecule has 3 fully saturated rings. The molecule has 3 rings (SSSR count). The second-order valence-electron chi connectivity index (χ2n) is 13.0. The summed E-state index contributed by atoms with van der Waals surface area (Å²) in [6.07, 6.45) is 6.38. The highest BCUT2D eigenvalue weighted by Crippen LogP contribution is 2.37. The standard InChI is InChI=1S/C28H55N7O3/c1-17(7-8-27(2,3)37)11-19-22(35-26(32)28(4)15-34-16-28)13-21(31)25(24(19)36)38-23-12-18(5-6-20(23)30)14-33-10-9-29/h7-8,17-25,33-34,36-37H,5-6,9-16,29-31H2,1-4H3,(H2,32,35)/b8-7+. The van der Waals surface area contributed by atoms with Gasteiger partial charge in [-0.15, -0.1) is 0 Å². The first kappa shape index (κ1) is 31.4. The van der Waals surface area contributed by atoms with E-state index in [1.54, 1.807) is 19.9 Å². The first-order chi connectivity index (χ1) is 17.8. The summed E-state index contributed by atoms with van der Waals surface area (Å²) in [7, 11) is 0. The number of allylic oxidation sites excluding steroid dienone is 1. The second kappa shape index (κ2) is 13.5. The summed E-state index contributed by atoms with van der Waals surface area (Å²) >= 11 is 0. The molecule has 0 aromatic carbocycles. The zero-order valence-electron chi connectivity index (χ0n) is 24.0. The topological polar surface area (TPSA) is 190 Å². The highest BCUT2D eigenvalue weighted by molar-refractivity contribution is 5.87. The van der Waals surface area contributed by atoms with Crippen LogP contribution in [0.1, 0.15) is 59.8 Å². The van der Waals surface area contributed by atoms with Crippen molar-refractivity contribution in [3.63, 3.8) is 0 Å². The van der Waals surface area contributed by atoms with E-state index in [0.29, 0.717) is 31.1 Å². The van der Waals surface area contributed by atoms with Crippen molar-refractivity contribution in [1.82, 2.24) is 10.6 Å². The van der Waals surface area contributed by atoms with Gasteiger partial charge in [-0.05, 0) is 64.3 Å². The lowest BCUT2D eigenvalue weighted by Gasteiger charge is -2.46. The van der Waals surface area contributed by atoms with Crippen LogP contribution in [0.3, 0.4) is 0 Å². The van der Waals surface area contributed by atoms with Crippen molar-refractivity contribution >= 4 is 5.84 Å². The Labute approximate surface area is 229 Å². The number of nitrogens with one attached hydrogen (secondary N) is 2. The molecule has 10 heteroatoms. The van der Waals surface area contributed by atoms with E-state index in [1.165, 1.54) is 0 Å². The predicted octanol–water partition coefficient (Wildman–Crippen LogP) is -0.187. The van der Waals surface area contributed by atoms with Gasteiger partial charge in [-0.25, -0.2) is 0 Å². The molecule has 1 saturated heterocycles. The fraction of sp³-hybridized carbons (Fsp3) is 0.893. The summed E-state index contributed by atoms with van der Waals surface area (Å²) in [6, 6.07) is -0.659. The molecule has 0 aromatic rings. The number of nitrogens with zero attached hydrogens (tertiary/aromatic N) is 1. The monoisotopic (exact) mass is 537 g/mol. The smallest absolute Gasteiger partial charge is 0.103 e. The first-order valence-corrected chi connectivity index (χ1v) is 14.5. The van der Waals surface area contributed by atoms with Gasteiger partial charge in [0.05, 0.1) is 30.0 Å². The first-order valence-electron chi connectivity index (χ1n) is 14.5. The third-order valence-corrected chi connectivity index (χ3v) is 8.67. The van der Waals surface area contributed by atoms with E-state index in [0.717, 1.165) is 45.4 Å². The van der Waals surface area contributed by atoms with Gasteiger partial charge in [0.25, 0.3) is 0 Å². The second-order valence-corrected chi connectivity index (χ2v) is 13.0. The molecular formula is C28H55N7O3. The number of nitrogens with two attached hydrogens (primary N) is 4. The zero-order chi connectivity index (χ0) is 28.1. The molecule has 9 atom stereocenters. The number of hydrogen-bond acceptors (Lipinski definition) is 9. The summed E-state index contributed by atoms with van der Waals surface area (Å²) in [6.45, 7) is 11.6. The summed E-state index contributed by atoms with van der Waals surface area (Å²) in [5.41, 5.74) is 24.2. The van der Waals surface area contributed by atoms with Gasteiger partial charge in [-0.3, -0.25) is 4.99 Å². The summed E-state index contributed by atoms with van der Waals surface area (Å²) < 4.78 is 6.58. The normalized spacial score (nSPS) is 37.2. The largest absolute Gasteiger partial charge is 0.390 e. The lowest BCUT2D eigenvalue weighted by atomic mass is 9.73. The Hall–Kier alpha value is -1.11. The van der Waals surface area contributed by atoms with Crippen LogP contribution < -0.4 is 33.6 Å². The van der Waals surface area contributed by atoms with Crippen LogP contribution in [0.25, 0.3) is 0 Å². The number of ether oxygens (including phenoxy) is 1. The number of amidine groups is 1. The van der Waals surface area contributed by atoms with Gasteiger partial charge in [-0.2, -0.15) is 0 Å². The zero-order valence-corrected chi connectivity index (χ0v) is 24.0. The Morgan fingerprint density at radius 2 is 1.95 bits per heavy atom. The molecule has 38 heavy (non-hydrogen) atoms. The lowest BCUT2D eigenvalue weighted by molar-refractivity contribution is -0.142. The number of aliphatic imine (C=N–C) groups is 1. The maximum absolute atomic E-state index is 11.7. The molecule has 2 saturated carbocycles. The van der Waals surface area contributed by atoms with Crippen molar-refractivity contribution in [1.29, 1.82) is 0 Å². The maximum Gasteiger partial charge on any atom is 0.103 e. The minimum absolute atomic E-state index is 0.0790. The fourth-order valence-corrected chi connectivity index (χ4v) is 6.05. The minimum Gasteiger partial charge on any atom is -0.390 e. The molecule has 220 valence electrons. The van der Waals surface area contributed by atoms with Gasteiger partial charge in [0.1, 0.15) is 5.84 Å². The van der Waals surface area contributed by atoms with E-state index in [4.69, 9.17) is 32.7 Å². The summed E-state index contributed by atoms with van der Waals surface area (Å²) in [5, 5.41) is 28.6. The van der Waals surface area contributed by atoms with Crippen LogP contribution in [-0.4, -0.2) is 90.8 Å². The molecule has 0 radical (unpaired) electrons. The quantitative estimate of drug-likeness (QED) is 0.0722. The van der Waals surface area contributed by atoms with Crippen LogP contribution in [0.4, 0.5) is 0 Å². The van der Waals surface area contributed by atoms with Crippen LogP contribution in [0, 0.1) is 23.2 Å². The molecule has 9 unspecified atom stereocenters. The minimum atomic E-state index is -0.895. The molecule has 0 bridgehead atoms. The summed E-state index contributed by atoms with van der Waals surface area (Å²) in [5.74, 6) is 1.01. The Morgan fingerprint density at radius 3 is 2.55 bits per heavy atom.